The molecule has 10 aromatic rings. The molecule has 0 unspecified atom stereocenters. The van der Waals surface area contributed by atoms with Crippen LogP contribution < -0.4 is 4.90 Å². The van der Waals surface area contributed by atoms with E-state index in [1.807, 2.05) is 0 Å². The lowest BCUT2D eigenvalue weighted by molar-refractivity contribution is 0.660. The molecule has 0 amide bonds. The maximum Gasteiger partial charge on any atom is 0.0547 e. The number of aromatic nitrogens is 1. The van der Waals surface area contributed by atoms with Crippen molar-refractivity contribution >= 4 is 38.9 Å². The number of anilines is 3. The molecule has 62 heavy (non-hydrogen) atoms. The number of nitrogens with zero attached hydrogens (tertiary/aromatic N) is 2. The van der Waals surface area contributed by atoms with Crippen molar-refractivity contribution in [1.29, 1.82) is 0 Å². The monoisotopic (exact) mass is 794 g/mol. The van der Waals surface area contributed by atoms with E-state index in [1.54, 1.807) is 0 Å². The molecule has 296 valence electrons. The molecule has 0 spiro atoms. The van der Waals surface area contributed by atoms with Crippen LogP contribution in [0.4, 0.5) is 17.1 Å². The molecule has 2 heteroatoms. The third-order valence-corrected chi connectivity index (χ3v) is 14.0. The first kappa shape index (κ1) is 36.4. The molecule has 0 N–H and O–H groups in total. The van der Waals surface area contributed by atoms with Gasteiger partial charge in [0.2, 0.25) is 0 Å². The Balaban J connectivity index is 0.983. The molecule has 2 nitrogen and oxygen atoms in total. The fourth-order valence-electron chi connectivity index (χ4n) is 10.8. The quantitative estimate of drug-likeness (QED) is 0.163. The number of hydrogen-bond donors (Lipinski definition) is 0. The average molecular weight is 795 g/mol. The Kier molecular flexibility index (Phi) is 7.96. The number of para-hydroxylation sites is 1. The molecule has 0 saturated carbocycles. The van der Waals surface area contributed by atoms with Crippen molar-refractivity contribution in [3.8, 4) is 50.2 Å². The predicted molar refractivity (Wildman–Crippen MR) is 261 cm³/mol. The molecule has 9 aromatic carbocycles. The minimum Gasteiger partial charge on any atom is -0.310 e. The predicted octanol–water partition coefficient (Wildman–Crippen LogP) is 16.2. The zero-order valence-corrected chi connectivity index (χ0v) is 35.5. The van der Waals surface area contributed by atoms with Crippen molar-refractivity contribution in [1.82, 2.24) is 4.57 Å². The molecular weight excluding hydrogens is 749 g/mol. The molecular formula is C60H46N2. The van der Waals surface area contributed by atoms with Gasteiger partial charge in [0.25, 0.3) is 0 Å². The Bertz CT molecular complexity index is 3290. The van der Waals surface area contributed by atoms with Gasteiger partial charge in [0.05, 0.1) is 11.0 Å². The van der Waals surface area contributed by atoms with E-state index in [9.17, 15) is 0 Å². The van der Waals surface area contributed by atoms with Crippen molar-refractivity contribution in [2.75, 3.05) is 4.90 Å². The first-order valence-corrected chi connectivity index (χ1v) is 21.8. The summed E-state index contributed by atoms with van der Waals surface area (Å²) in [5.74, 6) is 0. The van der Waals surface area contributed by atoms with Crippen LogP contribution >= 0.6 is 0 Å². The molecule has 1 aromatic heterocycles. The highest BCUT2D eigenvalue weighted by molar-refractivity contribution is 6.10. The summed E-state index contributed by atoms with van der Waals surface area (Å²) in [6.07, 6.45) is 0. The Morgan fingerprint density at radius 2 is 0.806 bits per heavy atom. The number of fused-ring (bicyclic) bond motifs is 9. The Hall–Kier alpha value is -7.42. The number of rotatable bonds is 6. The summed E-state index contributed by atoms with van der Waals surface area (Å²) in [6.45, 7) is 9.47. The van der Waals surface area contributed by atoms with Crippen molar-refractivity contribution in [3.05, 3.63) is 229 Å². The minimum absolute atomic E-state index is 0.108. The van der Waals surface area contributed by atoms with Crippen LogP contribution in [-0.2, 0) is 10.8 Å². The molecule has 0 atom stereocenters. The van der Waals surface area contributed by atoms with Crippen LogP contribution in [0.5, 0.6) is 0 Å². The van der Waals surface area contributed by atoms with Gasteiger partial charge in [-0.1, -0.05) is 173 Å². The topological polar surface area (TPSA) is 8.17 Å². The molecule has 2 aliphatic carbocycles. The van der Waals surface area contributed by atoms with Gasteiger partial charge in [-0.05, 0) is 127 Å². The first-order valence-electron chi connectivity index (χ1n) is 21.8. The van der Waals surface area contributed by atoms with Gasteiger partial charge in [-0.15, -0.1) is 0 Å². The van der Waals surface area contributed by atoms with E-state index < -0.39 is 0 Å². The highest BCUT2D eigenvalue weighted by Crippen LogP contribution is 2.53. The second kappa shape index (κ2) is 13.5. The van der Waals surface area contributed by atoms with Gasteiger partial charge in [0.15, 0.2) is 0 Å². The van der Waals surface area contributed by atoms with E-state index in [2.05, 4.69) is 243 Å². The SMILES string of the molecule is CC1(C)c2ccccc2-c2ccc(N(c3ccc(-c4ccc5c6ccccc6n(-c6cccc(-c7ccccc7)c6)c5c4)cc3)c3ccc4c(c3)C(C)(C)c3ccccc3-4)cc21. The van der Waals surface area contributed by atoms with Crippen LogP contribution in [0.15, 0.2) is 206 Å². The summed E-state index contributed by atoms with van der Waals surface area (Å²) in [5, 5.41) is 2.51. The van der Waals surface area contributed by atoms with Crippen molar-refractivity contribution < 1.29 is 0 Å². The largest absolute Gasteiger partial charge is 0.310 e. The zero-order valence-electron chi connectivity index (χ0n) is 35.5. The van der Waals surface area contributed by atoms with Gasteiger partial charge in [-0.3, -0.25) is 0 Å². The molecule has 2 aliphatic rings. The Labute approximate surface area is 364 Å². The fourth-order valence-corrected chi connectivity index (χ4v) is 10.8. The van der Waals surface area contributed by atoms with E-state index >= 15 is 0 Å². The second-order valence-corrected chi connectivity index (χ2v) is 18.2. The standard InChI is InChI=1S/C60H46N2/c1-59(2)53-22-11-8-19-47(53)49-33-30-45(37-55(49)59)61(46-31-34-50-48-20-9-12-23-54(48)60(3,4)56(50)38-46)43-28-25-40(26-29-43)42-27-32-52-51-21-10-13-24-57(51)62(58(52)36-42)44-18-14-17-41(35-44)39-15-6-5-7-16-39/h5-38H,1-4H3. The highest BCUT2D eigenvalue weighted by atomic mass is 15.1. The summed E-state index contributed by atoms with van der Waals surface area (Å²) < 4.78 is 2.43. The number of benzene rings is 9. The number of hydrogen-bond acceptors (Lipinski definition) is 1. The summed E-state index contributed by atoms with van der Waals surface area (Å²) in [7, 11) is 0. The van der Waals surface area contributed by atoms with E-state index in [0.717, 1.165) is 22.7 Å². The van der Waals surface area contributed by atoms with Crippen LogP contribution in [0, 0.1) is 0 Å². The summed E-state index contributed by atoms with van der Waals surface area (Å²) in [5.41, 5.74) is 22.4. The molecule has 1 heterocycles. The van der Waals surface area contributed by atoms with E-state index in [1.165, 1.54) is 88.6 Å². The first-order chi connectivity index (χ1) is 30.3. The van der Waals surface area contributed by atoms with Crippen molar-refractivity contribution in [2.24, 2.45) is 0 Å². The van der Waals surface area contributed by atoms with E-state index in [4.69, 9.17) is 0 Å². The van der Waals surface area contributed by atoms with Crippen molar-refractivity contribution in [3.63, 3.8) is 0 Å². The summed E-state index contributed by atoms with van der Waals surface area (Å²) >= 11 is 0. The normalized spacial score (nSPS) is 14.1. The van der Waals surface area contributed by atoms with Gasteiger partial charge in [-0.2, -0.15) is 0 Å². The van der Waals surface area contributed by atoms with E-state index in [0.29, 0.717) is 0 Å². The van der Waals surface area contributed by atoms with Crippen LogP contribution in [0.1, 0.15) is 49.9 Å². The Morgan fingerprint density at radius 3 is 1.47 bits per heavy atom. The lowest BCUT2D eigenvalue weighted by atomic mass is 9.82. The molecule has 12 rings (SSSR count). The molecule has 0 fully saturated rings. The third kappa shape index (κ3) is 5.43. The lowest BCUT2D eigenvalue weighted by Crippen LogP contribution is -2.18. The maximum absolute atomic E-state index is 2.46. The highest BCUT2D eigenvalue weighted by Gasteiger charge is 2.37. The van der Waals surface area contributed by atoms with Crippen LogP contribution in [0.25, 0.3) is 72.0 Å². The summed E-state index contributed by atoms with van der Waals surface area (Å²) in [6, 6.07) is 76.5. The lowest BCUT2D eigenvalue weighted by Gasteiger charge is -2.30. The maximum atomic E-state index is 2.46. The van der Waals surface area contributed by atoms with Gasteiger partial charge >= 0.3 is 0 Å². The van der Waals surface area contributed by atoms with Gasteiger partial charge in [0.1, 0.15) is 0 Å². The second-order valence-electron chi connectivity index (χ2n) is 18.2. The van der Waals surface area contributed by atoms with Gasteiger partial charge in [-0.25, -0.2) is 0 Å². The fraction of sp³-hybridized carbons (Fsp3) is 0.100. The summed E-state index contributed by atoms with van der Waals surface area (Å²) in [4.78, 5) is 2.46. The van der Waals surface area contributed by atoms with Crippen molar-refractivity contribution in [2.45, 2.75) is 38.5 Å². The van der Waals surface area contributed by atoms with Crippen LogP contribution in [-0.4, -0.2) is 4.57 Å². The third-order valence-electron chi connectivity index (χ3n) is 14.0. The molecule has 0 bridgehead atoms. The van der Waals surface area contributed by atoms with Crippen LogP contribution in [0.2, 0.25) is 0 Å². The minimum atomic E-state index is -0.108. The Morgan fingerprint density at radius 1 is 0.323 bits per heavy atom. The van der Waals surface area contributed by atoms with Gasteiger partial charge < -0.3 is 9.47 Å². The van der Waals surface area contributed by atoms with Crippen LogP contribution in [0.3, 0.4) is 0 Å². The molecule has 0 aliphatic heterocycles. The molecule has 0 radical (unpaired) electrons. The zero-order chi connectivity index (χ0) is 41.7. The average Bonchev–Trinajstić information content (AvgIpc) is 3.86. The smallest absolute Gasteiger partial charge is 0.0547 e. The van der Waals surface area contributed by atoms with E-state index in [-0.39, 0.29) is 10.8 Å². The van der Waals surface area contributed by atoms with Gasteiger partial charge in [0, 0.05) is 44.4 Å². The molecule has 0 saturated heterocycles.